The Balaban J connectivity index is 3.13. The SMILES string of the molecule is CC(C)c1ccc([N+](=O)[O-])cc1O. The van der Waals surface area contributed by atoms with E-state index in [1.165, 1.54) is 12.1 Å². The first-order chi connectivity index (χ1) is 6.02. The molecule has 4 heteroatoms. The molecule has 0 saturated heterocycles. The molecule has 0 aliphatic heterocycles. The molecule has 4 nitrogen and oxygen atoms in total. The Morgan fingerprint density at radius 3 is 2.46 bits per heavy atom. The summed E-state index contributed by atoms with van der Waals surface area (Å²) in [6, 6.07) is 4.16. The minimum absolute atomic E-state index is 0.01000. The molecule has 0 heterocycles. The Kier molecular flexibility index (Phi) is 2.51. The van der Waals surface area contributed by atoms with Crippen molar-refractivity contribution < 1.29 is 10.0 Å². The molecule has 0 unspecified atom stereocenters. The van der Waals surface area contributed by atoms with Gasteiger partial charge in [0.25, 0.3) is 5.69 Å². The highest BCUT2D eigenvalue weighted by molar-refractivity contribution is 5.44. The number of phenols is 1. The van der Waals surface area contributed by atoms with Crippen molar-refractivity contribution in [1.82, 2.24) is 0 Å². The van der Waals surface area contributed by atoms with Crippen LogP contribution in [-0.4, -0.2) is 10.0 Å². The van der Waals surface area contributed by atoms with Crippen molar-refractivity contribution in [1.29, 1.82) is 0 Å². The average Bonchev–Trinajstić information content (AvgIpc) is 2.03. The summed E-state index contributed by atoms with van der Waals surface area (Å²) in [5.74, 6) is 0.157. The minimum Gasteiger partial charge on any atom is -0.507 e. The summed E-state index contributed by atoms with van der Waals surface area (Å²) in [6.45, 7) is 3.84. The number of phenolic OH excluding ortho intramolecular Hbond substituents is 1. The van der Waals surface area contributed by atoms with Crippen LogP contribution in [0.1, 0.15) is 25.3 Å². The third-order valence-corrected chi connectivity index (χ3v) is 1.85. The van der Waals surface area contributed by atoms with Crippen LogP contribution in [0.25, 0.3) is 0 Å². The summed E-state index contributed by atoms with van der Waals surface area (Å²) in [4.78, 5) is 9.80. The van der Waals surface area contributed by atoms with Crippen molar-refractivity contribution in [3.8, 4) is 5.75 Å². The average molecular weight is 181 g/mol. The lowest BCUT2D eigenvalue weighted by molar-refractivity contribution is -0.384. The Morgan fingerprint density at radius 1 is 1.46 bits per heavy atom. The van der Waals surface area contributed by atoms with Gasteiger partial charge < -0.3 is 5.11 Å². The number of non-ortho nitro benzene ring substituents is 1. The number of nitro groups is 1. The Labute approximate surface area is 76.0 Å². The van der Waals surface area contributed by atoms with E-state index in [1.807, 2.05) is 13.8 Å². The van der Waals surface area contributed by atoms with Crippen molar-refractivity contribution in [3.05, 3.63) is 33.9 Å². The molecule has 0 aromatic heterocycles. The zero-order valence-electron chi connectivity index (χ0n) is 7.52. The van der Waals surface area contributed by atoms with E-state index in [0.29, 0.717) is 0 Å². The highest BCUT2D eigenvalue weighted by atomic mass is 16.6. The van der Waals surface area contributed by atoms with Gasteiger partial charge in [-0.15, -0.1) is 0 Å². The van der Waals surface area contributed by atoms with E-state index in [2.05, 4.69) is 0 Å². The molecule has 0 amide bonds. The number of nitrogens with zero attached hydrogens (tertiary/aromatic N) is 1. The first-order valence-corrected chi connectivity index (χ1v) is 3.99. The summed E-state index contributed by atoms with van der Waals surface area (Å²) in [7, 11) is 0. The molecule has 0 aliphatic carbocycles. The van der Waals surface area contributed by atoms with Gasteiger partial charge >= 0.3 is 0 Å². The van der Waals surface area contributed by atoms with Crippen LogP contribution in [0.3, 0.4) is 0 Å². The molecule has 0 fully saturated rings. The number of rotatable bonds is 2. The second kappa shape index (κ2) is 3.43. The summed E-state index contributed by atoms with van der Waals surface area (Å²) in [5.41, 5.74) is 0.646. The van der Waals surface area contributed by atoms with Crippen LogP contribution in [0.5, 0.6) is 5.75 Å². The number of benzene rings is 1. The van der Waals surface area contributed by atoms with E-state index >= 15 is 0 Å². The van der Waals surface area contributed by atoms with Crippen LogP contribution < -0.4 is 0 Å². The van der Waals surface area contributed by atoms with Gasteiger partial charge in [-0.05, 0) is 17.5 Å². The maximum Gasteiger partial charge on any atom is 0.273 e. The predicted molar refractivity (Wildman–Crippen MR) is 48.9 cm³/mol. The van der Waals surface area contributed by atoms with Crippen molar-refractivity contribution in [2.75, 3.05) is 0 Å². The van der Waals surface area contributed by atoms with Crippen LogP contribution in [0, 0.1) is 10.1 Å². The normalized spacial score (nSPS) is 10.4. The Morgan fingerprint density at radius 2 is 2.08 bits per heavy atom. The molecular formula is C9H11NO3. The molecule has 0 spiro atoms. The van der Waals surface area contributed by atoms with Crippen LogP contribution in [0.4, 0.5) is 5.69 Å². The van der Waals surface area contributed by atoms with Crippen LogP contribution >= 0.6 is 0 Å². The number of hydrogen-bond donors (Lipinski definition) is 1. The van der Waals surface area contributed by atoms with Crippen molar-refractivity contribution >= 4 is 5.69 Å². The van der Waals surface area contributed by atoms with E-state index in [9.17, 15) is 15.2 Å². The van der Waals surface area contributed by atoms with E-state index in [1.54, 1.807) is 6.07 Å². The number of nitro benzene ring substituents is 1. The Bertz CT molecular complexity index is 334. The number of hydrogen-bond acceptors (Lipinski definition) is 3. The maximum absolute atomic E-state index is 10.3. The second-order valence-electron chi connectivity index (χ2n) is 3.15. The van der Waals surface area contributed by atoms with Gasteiger partial charge in [0.15, 0.2) is 0 Å². The molecule has 1 N–H and O–H groups in total. The smallest absolute Gasteiger partial charge is 0.273 e. The molecule has 13 heavy (non-hydrogen) atoms. The molecule has 1 rings (SSSR count). The zero-order chi connectivity index (χ0) is 10.0. The molecule has 0 saturated carbocycles. The summed E-state index contributed by atoms with van der Waals surface area (Å²) in [5, 5.41) is 19.7. The molecule has 0 atom stereocenters. The fourth-order valence-corrected chi connectivity index (χ4v) is 1.13. The molecular weight excluding hydrogens is 170 g/mol. The van der Waals surface area contributed by atoms with Crippen molar-refractivity contribution in [3.63, 3.8) is 0 Å². The quantitative estimate of drug-likeness (QED) is 0.562. The molecule has 0 radical (unpaired) electrons. The predicted octanol–water partition coefficient (Wildman–Crippen LogP) is 2.42. The lowest BCUT2D eigenvalue weighted by atomic mass is 10.0. The summed E-state index contributed by atoms with van der Waals surface area (Å²) >= 11 is 0. The molecule has 0 aliphatic rings. The van der Waals surface area contributed by atoms with Gasteiger partial charge in [0.1, 0.15) is 5.75 Å². The first-order valence-electron chi connectivity index (χ1n) is 3.99. The lowest BCUT2D eigenvalue weighted by Gasteiger charge is -2.06. The molecule has 1 aromatic rings. The highest BCUT2D eigenvalue weighted by Crippen LogP contribution is 2.28. The van der Waals surface area contributed by atoms with Crippen LogP contribution in [0.15, 0.2) is 18.2 Å². The Hall–Kier alpha value is -1.58. The third-order valence-electron chi connectivity index (χ3n) is 1.85. The van der Waals surface area contributed by atoms with E-state index in [-0.39, 0.29) is 17.4 Å². The van der Waals surface area contributed by atoms with E-state index < -0.39 is 4.92 Å². The first kappa shape index (κ1) is 9.51. The maximum atomic E-state index is 10.3. The summed E-state index contributed by atoms with van der Waals surface area (Å²) < 4.78 is 0. The van der Waals surface area contributed by atoms with Gasteiger partial charge in [0.05, 0.1) is 11.0 Å². The van der Waals surface area contributed by atoms with Gasteiger partial charge in [-0.25, -0.2) is 0 Å². The van der Waals surface area contributed by atoms with Gasteiger partial charge in [-0.1, -0.05) is 13.8 Å². The minimum atomic E-state index is -0.524. The van der Waals surface area contributed by atoms with Crippen molar-refractivity contribution in [2.24, 2.45) is 0 Å². The van der Waals surface area contributed by atoms with Gasteiger partial charge in [-0.2, -0.15) is 0 Å². The summed E-state index contributed by atoms with van der Waals surface area (Å²) in [6.07, 6.45) is 0. The lowest BCUT2D eigenvalue weighted by Crippen LogP contribution is -1.91. The zero-order valence-corrected chi connectivity index (χ0v) is 7.52. The topological polar surface area (TPSA) is 63.4 Å². The molecule has 0 bridgehead atoms. The second-order valence-corrected chi connectivity index (χ2v) is 3.15. The standard InChI is InChI=1S/C9H11NO3/c1-6(2)8-4-3-7(10(12)13)5-9(8)11/h3-6,11H,1-2H3. The highest BCUT2D eigenvalue weighted by Gasteiger charge is 2.11. The van der Waals surface area contributed by atoms with E-state index in [4.69, 9.17) is 0 Å². The van der Waals surface area contributed by atoms with Crippen LogP contribution in [0.2, 0.25) is 0 Å². The van der Waals surface area contributed by atoms with Gasteiger partial charge in [-0.3, -0.25) is 10.1 Å². The van der Waals surface area contributed by atoms with Crippen LogP contribution in [-0.2, 0) is 0 Å². The van der Waals surface area contributed by atoms with Gasteiger partial charge in [0.2, 0.25) is 0 Å². The fraction of sp³-hybridized carbons (Fsp3) is 0.333. The van der Waals surface area contributed by atoms with E-state index in [0.717, 1.165) is 5.56 Å². The molecule has 1 aromatic carbocycles. The van der Waals surface area contributed by atoms with Gasteiger partial charge in [0, 0.05) is 6.07 Å². The fourth-order valence-electron chi connectivity index (χ4n) is 1.13. The largest absolute Gasteiger partial charge is 0.507 e. The number of aromatic hydroxyl groups is 1. The third kappa shape index (κ3) is 1.96. The molecule has 70 valence electrons. The van der Waals surface area contributed by atoms with Crippen molar-refractivity contribution in [2.45, 2.75) is 19.8 Å². The monoisotopic (exact) mass is 181 g/mol.